The van der Waals surface area contributed by atoms with Crippen LogP contribution in [0.4, 0.5) is 5.69 Å². The first kappa shape index (κ1) is 14.2. The van der Waals surface area contributed by atoms with Crippen LogP contribution in [0.5, 0.6) is 0 Å². The highest BCUT2D eigenvalue weighted by Gasteiger charge is 2.03. The molecule has 94 valence electrons. The summed E-state index contributed by atoms with van der Waals surface area (Å²) in [5, 5.41) is 2.85. The molecule has 1 aromatic carbocycles. The van der Waals surface area contributed by atoms with Crippen molar-refractivity contribution in [1.82, 2.24) is 0 Å². The number of amides is 1. The summed E-state index contributed by atoms with van der Waals surface area (Å²) in [5.74, 6) is -0.0152. The third-order valence-electron chi connectivity index (χ3n) is 2.15. The van der Waals surface area contributed by atoms with E-state index in [9.17, 15) is 4.79 Å². The summed E-state index contributed by atoms with van der Waals surface area (Å²) in [5.41, 5.74) is 1.93. The molecule has 3 nitrogen and oxygen atoms in total. The molecule has 0 saturated heterocycles. The average molecular weight is 300 g/mol. The molecule has 0 aromatic heterocycles. The van der Waals surface area contributed by atoms with E-state index in [1.165, 1.54) is 0 Å². The van der Waals surface area contributed by atoms with Gasteiger partial charge in [-0.2, -0.15) is 0 Å². The molecule has 0 radical (unpaired) electrons. The smallest absolute Gasteiger partial charge is 0.226 e. The summed E-state index contributed by atoms with van der Waals surface area (Å²) in [7, 11) is 0. The van der Waals surface area contributed by atoms with Crippen LogP contribution in [0.1, 0.15) is 25.3 Å². The predicted octanol–water partition coefficient (Wildman–Crippen LogP) is 3.51. The molecule has 17 heavy (non-hydrogen) atoms. The fraction of sp³-hybridized carbons (Fsp3) is 0.462. The van der Waals surface area contributed by atoms with E-state index in [-0.39, 0.29) is 5.91 Å². The Kier molecular flexibility index (Phi) is 6.22. The summed E-state index contributed by atoms with van der Waals surface area (Å²) < 4.78 is 6.24. The Morgan fingerprint density at radius 3 is 2.76 bits per heavy atom. The minimum absolute atomic E-state index is 0.0152. The Labute approximate surface area is 111 Å². The Balaban J connectivity index is 2.39. The van der Waals surface area contributed by atoms with Gasteiger partial charge in [0, 0.05) is 16.8 Å². The lowest BCUT2D eigenvalue weighted by molar-refractivity contribution is -0.117. The number of carbonyl (C=O) groups is 1. The van der Waals surface area contributed by atoms with Crippen LogP contribution in [-0.4, -0.2) is 19.1 Å². The van der Waals surface area contributed by atoms with Crippen molar-refractivity contribution in [2.24, 2.45) is 0 Å². The Morgan fingerprint density at radius 2 is 2.12 bits per heavy atom. The van der Waals surface area contributed by atoms with E-state index in [0.717, 1.165) is 22.1 Å². The number of hydrogen-bond donors (Lipinski definition) is 1. The van der Waals surface area contributed by atoms with Gasteiger partial charge in [-0.15, -0.1) is 0 Å². The van der Waals surface area contributed by atoms with E-state index in [1.807, 2.05) is 32.0 Å². The quantitative estimate of drug-likeness (QED) is 0.816. The van der Waals surface area contributed by atoms with Gasteiger partial charge in [0.1, 0.15) is 0 Å². The largest absolute Gasteiger partial charge is 0.381 e. The van der Waals surface area contributed by atoms with Crippen molar-refractivity contribution in [3.63, 3.8) is 0 Å². The lowest BCUT2D eigenvalue weighted by Crippen LogP contribution is -2.14. The molecule has 0 bridgehead atoms. The fourth-order valence-electron chi connectivity index (χ4n) is 1.44. The van der Waals surface area contributed by atoms with Crippen LogP contribution in [-0.2, 0) is 9.53 Å². The lowest BCUT2D eigenvalue weighted by atomic mass is 10.2. The summed E-state index contributed by atoms with van der Waals surface area (Å²) in [4.78, 5) is 11.6. The third-order valence-corrected chi connectivity index (χ3v) is 2.61. The summed E-state index contributed by atoms with van der Waals surface area (Å²) in [6.07, 6.45) is 1.37. The van der Waals surface area contributed by atoms with Crippen molar-refractivity contribution >= 4 is 27.5 Å². The molecule has 0 aliphatic carbocycles. The number of aryl methyl sites for hydroxylation is 1. The molecule has 0 aliphatic heterocycles. The van der Waals surface area contributed by atoms with Gasteiger partial charge in [-0.3, -0.25) is 4.79 Å². The standard InChI is InChI=1S/C13H18BrNO2/c1-3-5-17-6-4-13(16)15-12-8-10(2)7-11(14)9-12/h7-9H,3-6H2,1-2H3,(H,15,16). The van der Waals surface area contributed by atoms with Crippen LogP contribution >= 0.6 is 15.9 Å². The molecule has 0 heterocycles. The van der Waals surface area contributed by atoms with Crippen molar-refractivity contribution in [3.05, 3.63) is 28.2 Å². The zero-order valence-corrected chi connectivity index (χ0v) is 11.8. The van der Waals surface area contributed by atoms with Crippen LogP contribution in [0, 0.1) is 6.92 Å². The van der Waals surface area contributed by atoms with Crippen molar-refractivity contribution in [1.29, 1.82) is 0 Å². The fourth-order valence-corrected chi connectivity index (χ4v) is 2.05. The van der Waals surface area contributed by atoms with Crippen LogP contribution in [0.15, 0.2) is 22.7 Å². The number of nitrogens with one attached hydrogen (secondary N) is 1. The minimum Gasteiger partial charge on any atom is -0.381 e. The van der Waals surface area contributed by atoms with Crippen LogP contribution < -0.4 is 5.32 Å². The zero-order chi connectivity index (χ0) is 12.7. The summed E-state index contributed by atoms with van der Waals surface area (Å²) in [6.45, 7) is 5.23. The first-order chi connectivity index (χ1) is 8.11. The molecule has 1 N–H and O–H groups in total. The molecule has 0 spiro atoms. The first-order valence-corrected chi connectivity index (χ1v) is 6.56. The summed E-state index contributed by atoms with van der Waals surface area (Å²) in [6, 6.07) is 5.83. The van der Waals surface area contributed by atoms with Crippen molar-refractivity contribution < 1.29 is 9.53 Å². The predicted molar refractivity (Wildman–Crippen MR) is 73.2 cm³/mol. The number of hydrogen-bond acceptors (Lipinski definition) is 2. The monoisotopic (exact) mass is 299 g/mol. The van der Waals surface area contributed by atoms with Gasteiger partial charge < -0.3 is 10.1 Å². The second-order valence-electron chi connectivity index (χ2n) is 3.93. The van der Waals surface area contributed by atoms with Gasteiger partial charge in [0.15, 0.2) is 0 Å². The van der Waals surface area contributed by atoms with Gasteiger partial charge in [0.05, 0.1) is 13.0 Å². The third kappa shape index (κ3) is 5.84. The second kappa shape index (κ2) is 7.45. The molecule has 0 atom stereocenters. The van der Waals surface area contributed by atoms with Gasteiger partial charge in [0.2, 0.25) is 5.91 Å². The van der Waals surface area contributed by atoms with Gasteiger partial charge in [-0.05, 0) is 37.1 Å². The number of rotatable bonds is 6. The molecular formula is C13H18BrNO2. The normalized spacial score (nSPS) is 10.3. The highest BCUT2D eigenvalue weighted by molar-refractivity contribution is 9.10. The summed E-state index contributed by atoms with van der Waals surface area (Å²) >= 11 is 3.40. The number of anilines is 1. The molecule has 0 saturated carbocycles. The van der Waals surface area contributed by atoms with Crippen LogP contribution in [0.25, 0.3) is 0 Å². The van der Waals surface area contributed by atoms with E-state index in [4.69, 9.17) is 4.74 Å². The van der Waals surface area contributed by atoms with E-state index >= 15 is 0 Å². The molecule has 4 heteroatoms. The molecule has 0 unspecified atom stereocenters. The number of ether oxygens (including phenoxy) is 1. The number of benzene rings is 1. The molecule has 0 fully saturated rings. The highest BCUT2D eigenvalue weighted by atomic mass is 79.9. The zero-order valence-electron chi connectivity index (χ0n) is 10.3. The Hall–Kier alpha value is -0.870. The van der Waals surface area contributed by atoms with E-state index < -0.39 is 0 Å². The second-order valence-corrected chi connectivity index (χ2v) is 4.84. The van der Waals surface area contributed by atoms with Crippen molar-refractivity contribution in [2.45, 2.75) is 26.7 Å². The first-order valence-electron chi connectivity index (χ1n) is 5.76. The van der Waals surface area contributed by atoms with Crippen molar-refractivity contribution in [2.75, 3.05) is 18.5 Å². The maximum absolute atomic E-state index is 11.6. The van der Waals surface area contributed by atoms with Crippen LogP contribution in [0.2, 0.25) is 0 Å². The van der Waals surface area contributed by atoms with Crippen molar-refractivity contribution in [3.8, 4) is 0 Å². The van der Waals surface area contributed by atoms with Crippen LogP contribution in [0.3, 0.4) is 0 Å². The van der Waals surface area contributed by atoms with Gasteiger partial charge in [-0.1, -0.05) is 22.9 Å². The van der Waals surface area contributed by atoms with Gasteiger partial charge in [0.25, 0.3) is 0 Å². The van der Waals surface area contributed by atoms with E-state index in [1.54, 1.807) is 0 Å². The topological polar surface area (TPSA) is 38.3 Å². The highest BCUT2D eigenvalue weighted by Crippen LogP contribution is 2.19. The number of carbonyl (C=O) groups excluding carboxylic acids is 1. The molecule has 0 aliphatic rings. The maximum atomic E-state index is 11.6. The van der Waals surface area contributed by atoms with Gasteiger partial charge >= 0.3 is 0 Å². The Morgan fingerprint density at radius 1 is 1.35 bits per heavy atom. The molecule has 1 rings (SSSR count). The minimum atomic E-state index is -0.0152. The molecular weight excluding hydrogens is 282 g/mol. The SMILES string of the molecule is CCCOCCC(=O)Nc1cc(C)cc(Br)c1. The van der Waals surface area contributed by atoms with E-state index in [0.29, 0.717) is 19.6 Å². The number of halogens is 1. The lowest BCUT2D eigenvalue weighted by Gasteiger charge is -2.07. The molecule has 1 aromatic rings. The van der Waals surface area contributed by atoms with Gasteiger partial charge in [-0.25, -0.2) is 0 Å². The average Bonchev–Trinajstić information content (AvgIpc) is 2.23. The van der Waals surface area contributed by atoms with E-state index in [2.05, 4.69) is 21.2 Å². The molecule has 1 amide bonds. The Bertz CT molecular complexity index is 359. The maximum Gasteiger partial charge on any atom is 0.226 e.